The minimum atomic E-state index is -4.08. The molecule has 4 aromatic rings. The third kappa shape index (κ3) is 9.50. The maximum atomic E-state index is 14.0. The van der Waals surface area contributed by atoms with Crippen LogP contribution < -0.4 is 10.6 Å². The molecule has 2 aliphatic carbocycles. The fraction of sp³-hybridized carbons (Fsp3) is 0.366. The number of anilines is 2. The first kappa shape index (κ1) is 39.8. The van der Waals surface area contributed by atoms with Gasteiger partial charge < -0.3 is 25.6 Å². The van der Waals surface area contributed by atoms with Crippen molar-refractivity contribution in [2.75, 3.05) is 30.9 Å². The molecule has 1 aromatic heterocycles. The number of carboxylic acids is 2. The average Bonchev–Trinajstić information content (AvgIpc) is 3.56. The maximum absolute atomic E-state index is 14.0. The number of rotatable bonds is 15. The number of nitrogens with zero attached hydrogens (tertiary/aromatic N) is 1. The van der Waals surface area contributed by atoms with E-state index < -0.39 is 39.8 Å². The lowest BCUT2D eigenvalue weighted by molar-refractivity contribution is -0.143. The van der Waals surface area contributed by atoms with Crippen molar-refractivity contribution in [1.29, 1.82) is 0 Å². The SMILES string of the molecule is COCCN([C@H]1CC[C@H](C(=O)O)CC1)S(=O)(=O)c1cccc(C(=O)Nc2sc3c(c2C(=O)Nc2ccc(CCc4ccc(C(=O)O)cc4)cc2)CCCC3)c1. The van der Waals surface area contributed by atoms with Crippen LogP contribution in [-0.4, -0.2) is 73.0 Å². The Hall–Kier alpha value is -4.89. The van der Waals surface area contributed by atoms with Crippen molar-refractivity contribution in [3.63, 3.8) is 0 Å². The van der Waals surface area contributed by atoms with Crippen LogP contribution >= 0.6 is 11.3 Å². The number of thiophene rings is 1. The summed E-state index contributed by atoms with van der Waals surface area (Å²) in [5, 5.41) is 24.9. The average molecular weight is 788 g/mol. The molecule has 12 nitrogen and oxygen atoms in total. The van der Waals surface area contributed by atoms with Gasteiger partial charge in [0.1, 0.15) is 5.00 Å². The first-order valence-electron chi connectivity index (χ1n) is 18.5. The molecule has 6 rings (SSSR count). The van der Waals surface area contributed by atoms with Gasteiger partial charge in [-0.15, -0.1) is 11.3 Å². The van der Waals surface area contributed by atoms with Crippen molar-refractivity contribution in [3.05, 3.63) is 111 Å². The number of ether oxygens (including phenoxy) is 1. The van der Waals surface area contributed by atoms with E-state index in [-0.39, 0.29) is 35.1 Å². The van der Waals surface area contributed by atoms with Crippen LogP contribution in [0.15, 0.2) is 77.7 Å². The molecule has 3 aromatic carbocycles. The summed E-state index contributed by atoms with van der Waals surface area (Å²) in [6, 6.07) is 19.8. The summed E-state index contributed by atoms with van der Waals surface area (Å²) in [4.78, 5) is 51.3. The number of carbonyl (C=O) groups excluding carboxylic acids is 2. The normalized spacial score (nSPS) is 17.0. The number of aromatic carboxylic acids is 1. The van der Waals surface area contributed by atoms with E-state index in [0.717, 1.165) is 53.7 Å². The number of hydrogen-bond acceptors (Lipinski definition) is 8. The van der Waals surface area contributed by atoms with Gasteiger partial charge in [-0.2, -0.15) is 4.31 Å². The predicted molar refractivity (Wildman–Crippen MR) is 210 cm³/mol. The standard InChI is InChI=1S/C41H45N3O9S2/c1-53-24-23-44(32-21-17-29(18-22-32)41(49)50)55(51,52)33-6-4-5-30(25-33)37(45)43-39-36(34-7-2-3-8-35(34)54-39)38(46)42-31-19-13-27(14-20-31)10-9-26-11-15-28(16-12-26)40(47)48/h4-6,11-16,19-20,25,29,32H,2-3,7-10,17-18,21-24H2,1H3,(H,42,46)(H,43,45)(H,47,48)(H,49,50)/t29-,32-. The van der Waals surface area contributed by atoms with Gasteiger partial charge in [-0.3, -0.25) is 14.4 Å². The van der Waals surface area contributed by atoms with Gasteiger partial charge in [-0.25, -0.2) is 13.2 Å². The van der Waals surface area contributed by atoms with E-state index in [1.807, 2.05) is 36.4 Å². The van der Waals surface area contributed by atoms with E-state index >= 15 is 0 Å². The number of fused-ring (bicyclic) bond motifs is 1. The molecule has 55 heavy (non-hydrogen) atoms. The molecular weight excluding hydrogens is 743 g/mol. The zero-order chi connectivity index (χ0) is 39.1. The Balaban J connectivity index is 1.16. The summed E-state index contributed by atoms with van der Waals surface area (Å²) in [6.45, 7) is 0.243. The van der Waals surface area contributed by atoms with Crippen molar-refractivity contribution >= 4 is 55.8 Å². The van der Waals surface area contributed by atoms with E-state index in [4.69, 9.17) is 9.84 Å². The number of aliphatic carboxylic acids is 1. The van der Waals surface area contributed by atoms with Crippen LogP contribution in [-0.2, 0) is 45.2 Å². The van der Waals surface area contributed by atoms with Crippen LogP contribution in [0, 0.1) is 5.92 Å². The number of benzene rings is 3. The third-order valence-corrected chi connectivity index (χ3v) is 13.6. The van der Waals surface area contributed by atoms with Crippen molar-refractivity contribution in [2.24, 2.45) is 5.92 Å². The number of hydrogen-bond donors (Lipinski definition) is 4. The molecule has 0 aliphatic heterocycles. The van der Waals surface area contributed by atoms with E-state index in [1.54, 1.807) is 12.1 Å². The van der Waals surface area contributed by atoms with E-state index in [2.05, 4.69) is 10.6 Å². The quantitative estimate of drug-likeness (QED) is 0.0998. The van der Waals surface area contributed by atoms with Crippen molar-refractivity contribution in [1.82, 2.24) is 4.31 Å². The Morgan fingerprint density at radius 3 is 2.11 bits per heavy atom. The van der Waals surface area contributed by atoms with E-state index in [1.165, 1.54) is 47.0 Å². The summed E-state index contributed by atoms with van der Waals surface area (Å²) in [5.41, 5.74) is 4.36. The van der Waals surface area contributed by atoms with Crippen molar-refractivity contribution in [3.8, 4) is 0 Å². The second-order valence-corrected chi connectivity index (χ2v) is 17.0. The van der Waals surface area contributed by atoms with Crippen LogP contribution in [0.4, 0.5) is 10.7 Å². The van der Waals surface area contributed by atoms with Gasteiger partial charge in [0.25, 0.3) is 11.8 Å². The topological polar surface area (TPSA) is 179 Å². The molecule has 290 valence electrons. The molecule has 0 atom stereocenters. The summed E-state index contributed by atoms with van der Waals surface area (Å²) in [7, 11) is -2.59. The summed E-state index contributed by atoms with van der Waals surface area (Å²) in [6.07, 6.45) is 6.42. The number of aryl methyl sites for hydroxylation is 3. The van der Waals surface area contributed by atoms with Gasteiger partial charge in [-0.1, -0.05) is 30.3 Å². The van der Waals surface area contributed by atoms with Crippen LogP contribution in [0.1, 0.15) is 91.2 Å². The molecule has 0 radical (unpaired) electrons. The first-order chi connectivity index (χ1) is 26.4. The molecule has 1 saturated carbocycles. The van der Waals surface area contributed by atoms with Crippen molar-refractivity contribution < 1.29 is 42.5 Å². The number of amides is 2. The number of carbonyl (C=O) groups is 4. The molecule has 0 spiro atoms. The molecule has 0 bridgehead atoms. The summed E-state index contributed by atoms with van der Waals surface area (Å²) in [5.74, 6) is -3.22. The Morgan fingerprint density at radius 2 is 1.47 bits per heavy atom. The Bertz CT molecular complexity index is 2140. The van der Waals surface area contributed by atoms with E-state index in [0.29, 0.717) is 48.4 Å². The Morgan fingerprint density at radius 1 is 0.818 bits per heavy atom. The van der Waals surface area contributed by atoms with Gasteiger partial charge in [0, 0.05) is 35.8 Å². The highest BCUT2D eigenvalue weighted by atomic mass is 32.2. The molecule has 1 fully saturated rings. The zero-order valence-corrected chi connectivity index (χ0v) is 32.2. The predicted octanol–water partition coefficient (Wildman–Crippen LogP) is 6.90. The van der Waals surface area contributed by atoms with Crippen LogP contribution in [0.5, 0.6) is 0 Å². The first-order valence-corrected chi connectivity index (χ1v) is 20.7. The minimum absolute atomic E-state index is 0.0559. The Labute approximate surface area is 324 Å². The second-order valence-electron chi connectivity index (χ2n) is 14.0. The van der Waals surface area contributed by atoms with Crippen LogP contribution in [0.2, 0.25) is 0 Å². The fourth-order valence-electron chi connectivity index (χ4n) is 7.34. The highest BCUT2D eigenvalue weighted by Crippen LogP contribution is 2.39. The molecule has 2 amide bonds. The lowest BCUT2D eigenvalue weighted by atomic mass is 9.86. The van der Waals surface area contributed by atoms with Gasteiger partial charge in [0.2, 0.25) is 10.0 Å². The van der Waals surface area contributed by atoms with Gasteiger partial charge in [0.15, 0.2) is 0 Å². The summed E-state index contributed by atoms with van der Waals surface area (Å²) < 4.78 is 34.7. The van der Waals surface area contributed by atoms with E-state index in [9.17, 15) is 32.7 Å². The zero-order valence-electron chi connectivity index (χ0n) is 30.6. The minimum Gasteiger partial charge on any atom is -0.481 e. The molecular formula is C41H45N3O9S2. The van der Waals surface area contributed by atoms with Crippen molar-refractivity contribution in [2.45, 2.75) is 75.1 Å². The number of methoxy groups -OCH3 is 1. The highest BCUT2D eigenvalue weighted by Gasteiger charge is 2.36. The summed E-state index contributed by atoms with van der Waals surface area (Å²) >= 11 is 1.37. The Kier molecular flexibility index (Phi) is 12.8. The molecule has 0 unspecified atom stereocenters. The lowest BCUT2D eigenvalue weighted by Crippen LogP contribution is -2.44. The highest BCUT2D eigenvalue weighted by molar-refractivity contribution is 7.89. The molecule has 14 heteroatoms. The molecule has 0 saturated heterocycles. The number of nitrogens with one attached hydrogen (secondary N) is 2. The van der Waals surface area contributed by atoms with Gasteiger partial charge in [0.05, 0.1) is 28.5 Å². The lowest BCUT2D eigenvalue weighted by Gasteiger charge is -2.35. The largest absolute Gasteiger partial charge is 0.481 e. The third-order valence-electron chi connectivity index (χ3n) is 10.4. The fourth-order valence-corrected chi connectivity index (χ4v) is 10.3. The molecule has 4 N–H and O–H groups in total. The van der Waals surface area contributed by atoms with Gasteiger partial charge >= 0.3 is 11.9 Å². The van der Waals surface area contributed by atoms with Crippen LogP contribution in [0.3, 0.4) is 0 Å². The van der Waals surface area contributed by atoms with Crippen LogP contribution in [0.25, 0.3) is 0 Å². The second kappa shape index (κ2) is 17.7. The smallest absolute Gasteiger partial charge is 0.335 e. The number of carboxylic acid groups (broad SMARTS) is 2. The number of sulfonamides is 1. The molecule has 1 heterocycles. The maximum Gasteiger partial charge on any atom is 0.335 e. The van der Waals surface area contributed by atoms with Gasteiger partial charge in [-0.05, 0) is 123 Å². The molecule has 2 aliphatic rings. The monoisotopic (exact) mass is 787 g/mol.